The van der Waals surface area contributed by atoms with Gasteiger partial charge in [-0.3, -0.25) is 4.57 Å². The number of pyridine rings is 1. The van der Waals surface area contributed by atoms with E-state index in [1.54, 1.807) is 0 Å². The van der Waals surface area contributed by atoms with Crippen LogP contribution in [-0.2, 0) is 0 Å². The molecule has 19 heavy (non-hydrogen) atoms. The van der Waals surface area contributed by atoms with Crippen molar-refractivity contribution < 1.29 is 0 Å². The van der Waals surface area contributed by atoms with Gasteiger partial charge in [-0.15, -0.1) is 0 Å². The minimum atomic E-state index is 0.456. The molecule has 2 unspecified atom stereocenters. The maximum Gasteiger partial charge on any atom is 0.202 e. The Morgan fingerprint density at radius 1 is 1.42 bits per heavy atom. The Morgan fingerprint density at radius 3 is 3.00 bits per heavy atom. The van der Waals surface area contributed by atoms with Gasteiger partial charge in [0.2, 0.25) is 5.95 Å². The summed E-state index contributed by atoms with van der Waals surface area (Å²) in [6, 6.07) is 2.44. The Morgan fingerprint density at radius 2 is 2.21 bits per heavy atom. The van der Waals surface area contributed by atoms with Crippen molar-refractivity contribution in [1.82, 2.24) is 14.5 Å². The number of nitrogen functional groups attached to an aromatic ring is 1. The molecule has 1 aliphatic carbocycles. The molecule has 1 aliphatic rings. The van der Waals surface area contributed by atoms with Crippen LogP contribution in [0.1, 0.15) is 45.1 Å². The summed E-state index contributed by atoms with van der Waals surface area (Å²) >= 11 is 3.44. The first-order valence-electron chi connectivity index (χ1n) is 6.99. The van der Waals surface area contributed by atoms with Gasteiger partial charge in [-0.1, -0.05) is 26.2 Å². The summed E-state index contributed by atoms with van der Waals surface area (Å²) in [6.45, 7) is 2.27. The SMILES string of the molecule is CCC1CCCCC1n1c(N)nc2cc(Br)cnc21. The third kappa shape index (κ3) is 2.24. The van der Waals surface area contributed by atoms with Gasteiger partial charge < -0.3 is 5.73 Å². The van der Waals surface area contributed by atoms with Crippen LogP contribution in [0.15, 0.2) is 16.7 Å². The van der Waals surface area contributed by atoms with Gasteiger partial charge in [0.15, 0.2) is 5.65 Å². The molecule has 4 nitrogen and oxygen atoms in total. The van der Waals surface area contributed by atoms with E-state index >= 15 is 0 Å². The van der Waals surface area contributed by atoms with Gasteiger partial charge in [0.1, 0.15) is 5.52 Å². The number of hydrogen-bond acceptors (Lipinski definition) is 3. The van der Waals surface area contributed by atoms with Crippen molar-refractivity contribution in [1.29, 1.82) is 0 Å². The minimum Gasteiger partial charge on any atom is -0.369 e. The Kier molecular flexibility index (Phi) is 3.48. The highest BCUT2D eigenvalue weighted by molar-refractivity contribution is 9.10. The number of rotatable bonds is 2. The quantitative estimate of drug-likeness (QED) is 0.911. The molecule has 102 valence electrons. The number of nitrogens with two attached hydrogens (primary N) is 1. The fourth-order valence-electron chi connectivity index (χ4n) is 3.31. The molecule has 2 aromatic rings. The van der Waals surface area contributed by atoms with Crippen molar-refractivity contribution in [2.45, 2.75) is 45.1 Å². The second kappa shape index (κ2) is 5.12. The molecule has 0 aromatic carbocycles. The zero-order valence-corrected chi connectivity index (χ0v) is 12.7. The molecule has 0 radical (unpaired) electrons. The lowest BCUT2D eigenvalue weighted by Gasteiger charge is -2.32. The highest BCUT2D eigenvalue weighted by Gasteiger charge is 2.28. The van der Waals surface area contributed by atoms with E-state index in [9.17, 15) is 0 Å². The average molecular weight is 323 g/mol. The van der Waals surface area contributed by atoms with Gasteiger partial charge in [-0.05, 0) is 40.8 Å². The van der Waals surface area contributed by atoms with Crippen molar-refractivity contribution in [3.8, 4) is 0 Å². The molecule has 2 N–H and O–H groups in total. The normalized spacial score (nSPS) is 23.9. The third-order valence-corrected chi connectivity index (χ3v) is 4.68. The molecule has 1 saturated carbocycles. The van der Waals surface area contributed by atoms with Crippen LogP contribution in [0.2, 0.25) is 0 Å². The molecule has 1 fully saturated rings. The van der Waals surface area contributed by atoms with Crippen molar-refractivity contribution in [2.24, 2.45) is 5.92 Å². The average Bonchev–Trinajstić information content (AvgIpc) is 2.73. The minimum absolute atomic E-state index is 0.456. The van der Waals surface area contributed by atoms with Crippen molar-refractivity contribution in [2.75, 3.05) is 5.73 Å². The molecule has 0 bridgehead atoms. The number of halogens is 1. The Hall–Kier alpha value is -1.10. The summed E-state index contributed by atoms with van der Waals surface area (Å²) < 4.78 is 3.11. The lowest BCUT2D eigenvalue weighted by Crippen LogP contribution is -2.24. The Balaban J connectivity index is 2.10. The molecule has 0 aliphatic heterocycles. The first-order chi connectivity index (χ1) is 9.20. The van der Waals surface area contributed by atoms with Crippen molar-refractivity contribution in [3.63, 3.8) is 0 Å². The monoisotopic (exact) mass is 322 g/mol. The summed E-state index contributed by atoms with van der Waals surface area (Å²) in [5.41, 5.74) is 7.95. The van der Waals surface area contributed by atoms with Crippen LogP contribution in [0.25, 0.3) is 11.2 Å². The predicted molar refractivity (Wildman–Crippen MR) is 80.9 cm³/mol. The van der Waals surface area contributed by atoms with Crippen LogP contribution < -0.4 is 5.73 Å². The molecule has 2 heterocycles. The zero-order chi connectivity index (χ0) is 13.4. The van der Waals surface area contributed by atoms with Crippen LogP contribution in [-0.4, -0.2) is 14.5 Å². The standard InChI is InChI=1S/C14H19BrN4/c1-2-9-5-3-4-6-12(9)19-13-11(18-14(19)16)7-10(15)8-17-13/h7-9,12H,2-6H2,1H3,(H2,16,18). The van der Waals surface area contributed by atoms with Gasteiger partial charge in [-0.2, -0.15) is 0 Å². The fourth-order valence-corrected chi connectivity index (χ4v) is 3.63. The second-order valence-corrected chi connectivity index (χ2v) is 6.27. The van der Waals surface area contributed by atoms with Crippen molar-refractivity contribution in [3.05, 3.63) is 16.7 Å². The van der Waals surface area contributed by atoms with E-state index in [1.807, 2.05) is 12.3 Å². The fraction of sp³-hybridized carbons (Fsp3) is 0.571. The van der Waals surface area contributed by atoms with E-state index in [-0.39, 0.29) is 0 Å². The number of anilines is 1. The molecule has 5 heteroatoms. The maximum absolute atomic E-state index is 6.15. The predicted octanol–water partition coefficient (Wildman–Crippen LogP) is 3.92. The van der Waals surface area contributed by atoms with E-state index in [2.05, 4.69) is 37.4 Å². The summed E-state index contributed by atoms with van der Waals surface area (Å²) in [6.07, 6.45) is 8.10. The van der Waals surface area contributed by atoms with Gasteiger partial charge in [-0.25, -0.2) is 9.97 Å². The largest absolute Gasteiger partial charge is 0.369 e. The summed E-state index contributed by atoms with van der Waals surface area (Å²) in [5, 5.41) is 0. The topological polar surface area (TPSA) is 56.7 Å². The summed E-state index contributed by atoms with van der Waals surface area (Å²) in [4.78, 5) is 8.99. The van der Waals surface area contributed by atoms with E-state index < -0.39 is 0 Å². The molecule has 3 rings (SSSR count). The first kappa shape index (κ1) is 12.9. The van der Waals surface area contributed by atoms with Crippen LogP contribution in [0.5, 0.6) is 0 Å². The molecular weight excluding hydrogens is 304 g/mol. The van der Waals surface area contributed by atoms with Gasteiger partial charge >= 0.3 is 0 Å². The number of nitrogens with zero attached hydrogens (tertiary/aromatic N) is 3. The van der Waals surface area contributed by atoms with Crippen molar-refractivity contribution >= 4 is 33.0 Å². The van der Waals surface area contributed by atoms with E-state index in [0.717, 1.165) is 15.6 Å². The number of aromatic nitrogens is 3. The van der Waals surface area contributed by atoms with E-state index in [4.69, 9.17) is 5.73 Å². The second-order valence-electron chi connectivity index (χ2n) is 5.36. The molecule has 0 amide bonds. The van der Waals surface area contributed by atoms with Gasteiger partial charge in [0.25, 0.3) is 0 Å². The lowest BCUT2D eigenvalue weighted by atomic mass is 9.82. The van der Waals surface area contributed by atoms with E-state index in [1.165, 1.54) is 32.1 Å². The van der Waals surface area contributed by atoms with Gasteiger partial charge in [0.05, 0.1) is 0 Å². The van der Waals surface area contributed by atoms with Crippen LogP contribution in [0, 0.1) is 5.92 Å². The number of imidazole rings is 1. The zero-order valence-electron chi connectivity index (χ0n) is 11.1. The highest BCUT2D eigenvalue weighted by atomic mass is 79.9. The first-order valence-corrected chi connectivity index (χ1v) is 7.79. The smallest absolute Gasteiger partial charge is 0.202 e. The van der Waals surface area contributed by atoms with Gasteiger partial charge in [0, 0.05) is 16.7 Å². The molecule has 0 spiro atoms. The molecule has 0 saturated heterocycles. The lowest BCUT2D eigenvalue weighted by molar-refractivity contribution is 0.238. The van der Waals surface area contributed by atoms with Crippen LogP contribution in [0.4, 0.5) is 5.95 Å². The van der Waals surface area contributed by atoms with Crippen LogP contribution >= 0.6 is 15.9 Å². The number of hydrogen-bond donors (Lipinski definition) is 1. The Labute approximate surface area is 121 Å². The molecular formula is C14H19BrN4. The van der Waals surface area contributed by atoms with E-state index in [0.29, 0.717) is 17.9 Å². The third-order valence-electron chi connectivity index (χ3n) is 4.25. The molecule has 2 atom stereocenters. The summed E-state index contributed by atoms with van der Waals surface area (Å²) in [5.74, 6) is 1.30. The molecule has 2 aromatic heterocycles. The van der Waals surface area contributed by atoms with Crippen LogP contribution in [0.3, 0.4) is 0 Å². The summed E-state index contributed by atoms with van der Waals surface area (Å²) in [7, 11) is 0. The highest BCUT2D eigenvalue weighted by Crippen LogP contribution is 2.38. The maximum atomic E-state index is 6.15. The number of fused-ring (bicyclic) bond motifs is 1. The Bertz CT molecular complexity index is 592.